The van der Waals surface area contributed by atoms with E-state index < -0.39 is 0 Å². The third kappa shape index (κ3) is 4.67. The van der Waals surface area contributed by atoms with Crippen molar-refractivity contribution in [3.8, 4) is 0 Å². The SMILES string of the molecule is O=C(CC[C@]1(Cc2cccc3ccccc23)CCC(=O)N1)NCCc1ccco1. The van der Waals surface area contributed by atoms with Crippen molar-refractivity contribution in [2.45, 2.75) is 44.1 Å². The van der Waals surface area contributed by atoms with Gasteiger partial charge in [0.15, 0.2) is 0 Å². The lowest BCUT2D eigenvalue weighted by atomic mass is 9.83. The molecule has 1 fully saturated rings. The molecule has 3 aromatic rings. The lowest BCUT2D eigenvalue weighted by Crippen LogP contribution is -2.44. The normalized spacial score (nSPS) is 18.7. The van der Waals surface area contributed by atoms with Gasteiger partial charge in [-0.15, -0.1) is 0 Å². The molecule has 1 atom stereocenters. The molecule has 2 amide bonds. The fraction of sp³-hybridized carbons (Fsp3) is 0.333. The monoisotopic (exact) mass is 390 g/mol. The van der Waals surface area contributed by atoms with Crippen LogP contribution in [0.3, 0.4) is 0 Å². The molecule has 1 aromatic heterocycles. The van der Waals surface area contributed by atoms with Crippen molar-refractivity contribution in [3.63, 3.8) is 0 Å². The first kappa shape index (κ1) is 19.2. The van der Waals surface area contributed by atoms with Gasteiger partial charge in [0.2, 0.25) is 11.8 Å². The Morgan fingerprint density at radius 2 is 1.97 bits per heavy atom. The molecule has 0 bridgehead atoms. The van der Waals surface area contributed by atoms with Crippen molar-refractivity contribution in [1.29, 1.82) is 0 Å². The van der Waals surface area contributed by atoms with E-state index in [9.17, 15) is 9.59 Å². The number of hydrogen-bond donors (Lipinski definition) is 2. The molecule has 150 valence electrons. The third-order valence-corrected chi connectivity index (χ3v) is 5.75. The van der Waals surface area contributed by atoms with Crippen LogP contribution in [0.4, 0.5) is 0 Å². The maximum atomic E-state index is 12.4. The number of hydrogen-bond acceptors (Lipinski definition) is 3. The molecule has 5 heteroatoms. The molecule has 0 aliphatic carbocycles. The van der Waals surface area contributed by atoms with Crippen LogP contribution in [0.2, 0.25) is 0 Å². The number of furan rings is 1. The highest BCUT2D eigenvalue weighted by Crippen LogP contribution is 2.32. The summed E-state index contributed by atoms with van der Waals surface area (Å²) in [6.07, 6.45) is 5.35. The minimum absolute atomic E-state index is 0.00926. The van der Waals surface area contributed by atoms with Crippen LogP contribution in [-0.4, -0.2) is 23.9 Å². The summed E-state index contributed by atoms with van der Waals surface area (Å²) in [5.74, 6) is 0.944. The molecule has 0 saturated carbocycles. The van der Waals surface area contributed by atoms with Crippen LogP contribution in [-0.2, 0) is 22.4 Å². The minimum atomic E-state index is -0.362. The first-order valence-electron chi connectivity index (χ1n) is 10.2. The van der Waals surface area contributed by atoms with E-state index in [0.29, 0.717) is 32.2 Å². The standard InChI is InChI=1S/C24H26N2O3/c27-22(25-15-12-20-8-4-16-29-20)10-13-24(14-11-23(28)26-24)17-19-7-3-6-18-5-1-2-9-21(18)19/h1-9,16H,10-15,17H2,(H,25,27)(H,26,28)/t24-/m1/s1. The van der Waals surface area contributed by atoms with Gasteiger partial charge < -0.3 is 15.1 Å². The lowest BCUT2D eigenvalue weighted by molar-refractivity contribution is -0.122. The van der Waals surface area contributed by atoms with Gasteiger partial charge in [-0.1, -0.05) is 42.5 Å². The first-order chi connectivity index (χ1) is 14.1. The molecule has 29 heavy (non-hydrogen) atoms. The predicted molar refractivity (Wildman–Crippen MR) is 112 cm³/mol. The molecular weight excluding hydrogens is 364 g/mol. The summed E-state index contributed by atoms with van der Waals surface area (Å²) in [4.78, 5) is 24.4. The van der Waals surface area contributed by atoms with Gasteiger partial charge in [0.05, 0.1) is 6.26 Å². The average Bonchev–Trinajstić information content (AvgIpc) is 3.37. The second-order valence-corrected chi connectivity index (χ2v) is 7.82. The Labute approximate surface area is 170 Å². The maximum absolute atomic E-state index is 12.4. The average molecular weight is 390 g/mol. The van der Waals surface area contributed by atoms with Crippen LogP contribution in [0, 0.1) is 0 Å². The quantitative estimate of drug-likeness (QED) is 0.615. The second kappa shape index (κ2) is 8.52. The van der Waals surface area contributed by atoms with Crippen LogP contribution >= 0.6 is 0 Å². The highest BCUT2D eigenvalue weighted by Gasteiger charge is 2.38. The predicted octanol–water partition coefficient (Wildman–Crippen LogP) is 3.76. The van der Waals surface area contributed by atoms with E-state index in [1.54, 1.807) is 6.26 Å². The van der Waals surface area contributed by atoms with Crippen molar-refractivity contribution in [2.75, 3.05) is 6.54 Å². The van der Waals surface area contributed by atoms with Crippen LogP contribution in [0.15, 0.2) is 65.3 Å². The molecular formula is C24H26N2O3. The molecule has 2 aromatic carbocycles. The number of carbonyl (C=O) groups excluding carboxylic acids is 2. The molecule has 2 heterocycles. The van der Waals surface area contributed by atoms with E-state index >= 15 is 0 Å². The van der Waals surface area contributed by atoms with E-state index in [2.05, 4.69) is 41.0 Å². The Morgan fingerprint density at radius 3 is 2.76 bits per heavy atom. The van der Waals surface area contributed by atoms with Crippen molar-refractivity contribution < 1.29 is 14.0 Å². The van der Waals surface area contributed by atoms with Crippen molar-refractivity contribution >= 4 is 22.6 Å². The highest BCUT2D eigenvalue weighted by atomic mass is 16.3. The smallest absolute Gasteiger partial charge is 0.220 e. The van der Waals surface area contributed by atoms with Gasteiger partial charge in [0.1, 0.15) is 5.76 Å². The van der Waals surface area contributed by atoms with E-state index in [0.717, 1.165) is 18.6 Å². The van der Waals surface area contributed by atoms with E-state index in [4.69, 9.17) is 4.42 Å². The zero-order valence-corrected chi connectivity index (χ0v) is 16.4. The largest absolute Gasteiger partial charge is 0.469 e. The summed E-state index contributed by atoms with van der Waals surface area (Å²) < 4.78 is 5.29. The highest BCUT2D eigenvalue weighted by molar-refractivity contribution is 5.86. The van der Waals surface area contributed by atoms with Gasteiger partial charge in [-0.05, 0) is 47.7 Å². The molecule has 4 rings (SSSR count). The number of fused-ring (bicyclic) bond motifs is 1. The van der Waals surface area contributed by atoms with Crippen molar-refractivity contribution in [2.24, 2.45) is 0 Å². The van der Waals surface area contributed by atoms with Gasteiger partial charge >= 0.3 is 0 Å². The fourth-order valence-electron chi connectivity index (χ4n) is 4.21. The Bertz CT molecular complexity index is 991. The molecule has 0 spiro atoms. The number of nitrogens with one attached hydrogen (secondary N) is 2. The molecule has 0 radical (unpaired) electrons. The van der Waals surface area contributed by atoms with Crippen LogP contribution in [0.25, 0.3) is 10.8 Å². The van der Waals surface area contributed by atoms with Crippen LogP contribution < -0.4 is 10.6 Å². The van der Waals surface area contributed by atoms with E-state index in [-0.39, 0.29) is 17.4 Å². The summed E-state index contributed by atoms with van der Waals surface area (Å²) >= 11 is 0. The van der Waals surface area contributed by atoms with Gasteiger partial charge in [-0.3, -0.25) is 9.59 Å². The molecule has 1 saturated heterocycles. The second-order valence-electron chi connectivity index (χ2n) is 7.82. The molecule has 2 N–H and O–H groups in total. The number of amides is 2. The molecule has 1 aliphatic heterocycles. The van der Waals surface area contributed by atoms with Gasteiger partial charge in [-0.25, -0.2) is 0 Å². The van der Waals surface area contributed by atoms with Gasteiger partial charge in [0.25, 0.3) is 0 Å². The number of rotatable bonds is 8. The maximum Gasteiger partial charge on any atom is 0.220 e. The minimum Gasteiger partial charge on any atom is -0.469 e. The van der Waals surface area contributed by atoms with E-state index in [1.165, 1.54) is 16.3 Å². The number of benzene rings is 2. The number of carbonyl (C=O) groups is 2. The van der Waals surface area contributed by atoms with Crippen molar-refractivity contribution in [1.82, 2.24) is 10.6 Å². The van der Waals surface area contributed by atoms with E-state index in [1.807, 2.05) is 24.3 Å². The lowest BCUT2D eigenvalue weighted by Gasteiger charge is -2.30. The van der Waals surface area contributed by atoms with Gasteiger partial charge in [0, 0.05) is 31.3 Å². The zero-order valence-electron chi connectivity index (χ0n) is 16.4. The molecule has 1 aliphatic rings. The van der Waals surface area contributed by atoms with Crippen LogP contribution in [0.1, 0.15) is 37.0 Å². The fourth-order valence-corrected chi connectivity index (χ4v) is 4.21. The Hall–Kier alpha value is -3.08. The summed E-state index contributed by atoms with van der Waals surface area (Å²) in [6.45, 7) is 0.551. The van der Waals surface area contributed by atoms with Crippen molar-refractivity contribution in [3.05, 3.63) is 72.2 Å². The molecule has 0 unspecified atom stereocenters. The first-order valence-corrected chi connectivity index (χ1v) is 10.2. The Morgan fingerprint density at radius 1 is 1.10 bits per heavy atom. The zero-order chi connectivity index (χ0) is 20.1. The summed E-state index contributed by atoms with van der Waals surface area (Å²) in [6, 6.07) is 18.3. The summed E-state index contributed by atoms with van der Waals surface area (Å²) in [5.41, 5.74) is 0.850. The Balaban J connectivity index is 1.40. The molecule has 5 nitrogen and oxygen atoms in total. The Kier molecular flexibility index (Phi) is 5.65. The third-order valence-electron chi connectivity index (χ3n) is 5.75. The topological polar surface area (TPSA) is 71.3 Å². The van der Waals surface area contributed by atoms with Crippen LogP contribution in [0.5, 0.6) is 0 Å². The van der Waals surface area contributed by atoms with Gasteiger partial charge in [-0.2, -0.15) is 0 Å². The summed E-state index contributed by atoms with van der Waals surface area (Å²) in [7, 11) is 0. The summed E-state index contributed by atoms with van der Waals surface area (Å²) in [5, 5.41) is 8.54.